The first-order chi connectivity index (χ1) is 13.3. The molecule has 2 fully saturated rings. The summed E-state index contributed by atoms with van der Waals surface area (Å²) in [4.78, 5) is 15.5. The summed E-state index contributed by atoms with van der Waals surface area (Å²) >= 11 is 0. The van der Waals surface area contributed by atoms with Gasteiger partial charge in [0.05, 0.1) is 26.3 Å². The molecule has 0 unspecified atom stereocenters. The van der Waals surface area contributed by atoms with Crippen LogP contribution in [0, 0.1) is 0 Å². The number of piperidine rings is 1. The molecule has 0 amide bonds. The van der Waals surface area contributed by atoms with E-state index in [0.717, 1.165) is 70.2 Å². The van der Waals surface area contributed by atoms with Gasteiger partial charge in [0.2, 0.25) is 0 Å². The van der Waals surface area contributed by atoms with Crippen LogP contribution < -0.4 is 11.0 Å². The van der Waals surface area contributed by atoms with Crippen molar-refractivity contribution in [2.75, 3.05) is 45.9 Å². The number of morpholine rings is 1. The summed E-state index contributed by atoms with van der Waals surface area (Å²) in [5.41, 5.74) is 1.16. The SMILES string of the molecule is Cl.Cl.O=c1n(CCN2CCOCC2)nc(C2CCNCC2)n1Cc1ccccc1. The van der Waals surface area contributed by atoms with Gasteiger partial charge in [-0.25, -0.2) is 9.48 Å². The topological polar surface area (TPSA) is 64.3 Å². The Kier molecular flexibility index (Phi) is 9.65. The van der Waals surface area contributed by atoms with Crippen LogP contribution in [0.25, 0.3) is 0 Å². The van der Waals surface area contributed by atoms with Crippen LogP contribution in [0.4, 0.5) is 0 Å². The molecule has 2 saturated heterocycles. The third-order valence-corrected chi connectivity index (χ3v) is 5.57. The maximum Gasteiger partial charge on any atom is 0.346 e. The van der Waals surface area contributed by atoms with Crippen molar-refractivity contribution < 1.29 is 4.74 Å². The van der Waals surface area contributed by atoms with Crippen LogP contribution in [0.3, 0.4) is 0 Å². The molecule has 2 aromatic rings. The number of aromatic nitrogens is 3. The highest BCUT2D eigenvalue weighted by molar-refractivity contribution is 5.85. The molecule has 9 heteroatoms. The Morgan fingerprint density at radius 3 is 2.41 bits per heavy atom. The summed E-state index contributed by atoms with van der Waals surface area (Å²) in [5, 5.41) is 8.20. The summed E-state index contributed by atoms with van der Waals surface area (Å²) in [7, 11) is 0. The van der Waals surface area contributed by atoms with Gasteiger partial charge in [0, 0.05) is 25.6 Å². The van der Waals surface area contributed by atoms with E-state index in [0.29, 0.717) is 19.0 Å². The molecule has 162 valence electrons. The number of nitrogens with one attached hydrogen (secondary N) is 1. The summed E-state index contributed by atoms with van der Waals surface area (Å²) in [6.45, 7) is 7.47. The van der Waals surface area contributed by atoms with Gasteiger partial charge in [0.15, 0.2) is 0 Å². The van der Waals surface area contributed by atoms with Gasteiger partial charge in [-0.15, -0.1) is 24.8 Å². The minimum Gasteiger partial charge on any atom is -0.379 e. The lowest BCUT2D eigenvalue weighted by molar-refractivity contribution is 0.0358. The summed E-state index contributed by atoms with van der Waals surface area (Å²) in [6, 6.07) is 10.2. The normalized spacial score (nSPS) is 18.1. The minimum absolute atomic E-state index is 0. The molecule has 29 heavy (non-hydrogen) atoms. The average Bonchev–Trinajstić information content (AvgIpc) is 3.04. The third kappa shape index (κ3) is 6.06. The van der Waals surface area contributed by atoms with Crippen molar-refractivity contribution in [3.63, 3.8) is 0 Å². The fourth-order valence-electron chi connectivity index (χ4n) is 3.96. The Labute approximate surface area is 184 Å². The van der Waals surface area contributed by atoms with Gasteiger partial charge in [-0.05, 0) is 31.5 Å². The molecule has 0 spiro atoms. The highest BCUT2D eigenvalue weighted by Crippen LogP contribution is 2.23. The van der Waals surface area contributed by atoms with E-state index < -0.39 is 0 Å². The fourth-order valence-corrected chi connectivity index (χ4v) is 3.96. The molecule has 0 atom stereocenters. The van der Waals surface area contributed by atoms with Crippen molar-refractivity contribution in [3.05, 3.63) is 52.2 Å². The summed E-state index contributed by atoms with van der Waals surface area (Å²) < 4.78 is 8.98. The van der Waals surface area contributed by atoms with Crippen molar-refractivity contribution >= 4 is 24.8 Å². The number of nitrogens with zero attached hydrogens (tertiary/aromatic N) is 4. The summed E-state index contributed by atoms with van der Waals surface area (Å²) in [6.07, 6.45) is 2.07. The second-order valence-corrected chi connectivity index (χ2v) is 7.41. The fraction of sp³-hybridized carbons (Fsp3) is 0.600. The van der Waals surface area contributed by atoms with Gasteiger partial charge in [0.1, 0.15) is 5.82 Å². The lowest BCUT2D eigenvalue weighted by atomic mass is 9.97. The standard InChI is InChI=1S/C20H29N5O2.2ClH/c26-20-24(16-17-4-2-1-3-5-17)19(18-6-8-21-9-7-18)22-25(20)11-10-23-12-14-27-15-13-23;;/h1-5,18,21H,6-16H2;2*1H. The molecule has 2 aliphatic heterocycles. The van der Waals surface area contributed by atoms with E-state index in [1.54, 1.807) is 4.68 Å². The molecule has 0 radical (unpaired) electrons. The zero-order chi connectivity index (χ0) is 18.5. The highest BCUT2D eigenvalue weighted by Gasteiger charge is 2.24. The van der Waals surface area contributed by atoms with Crippen LogP contribution in [0.2, 0.25) is 0 Å². The van der Waals surface area contributed by atoms with Crippen LogP contribution in [-0.2, 0) is 17.8 Å². The van der Waals surface area contributed by atoms with Crippen LogP contribution in [0.15, 0.2) is 35.1 Å². The largest absolute Gasteiger partial charge is 0.379 e. The van der Waals surface area contributed by atoms with Gasteiger partial charge in [-0.2, -0.15) is 5.10 Å². The van der Waals surface area contributed by atoms with E-state index in [9.17, 15) is 4.79 Å². The van der Waals surface area contributed by atoms with Crippen molar-refractivity contribution in [1.82, 2.24) is 24.6 Å². The number of hydrogen-bond acceptors (Lipinski definition) is 5. The molecule has 2 aliphatic rings. The molecule has 1 aromatic heterocycles. The second-order valence-electron chi connectivity index (χ2n) is 7.41. The molecular weight excluding hydrogens is 413 g/mol. The highest BCUT2D eigenvalue weighted by atomic mass is 35.5. The minimum atomic E-state index is 0. The molecule has 0 saturated carbocycles. The van der Waals surface area contributed by atoms with Crippen molar-refractivity contribution in [2.24, 2.45) is 0 Å². The molecule has 0 aliphatic carbocycles. The Bertz CT molecular complexity index is 784. The van der Waals surface area contributed by atoms with E-state index in [1.807, 2.05) is 22.8 Å². The first-order valence-corrected chi connectivity index (χ1v) is 10.0. The number of rotatable bonds is 6. The van der Waals surface area contributed by atoms with E-state index in [-0.39, 0.29) is 30.5 Å². The molecular formula is C20H31Cl2N5O2. The van der Waals surface area contributed by atoms with Crippen LogP contribution in [-0.4, -0.2) is 65.2 Å². The molecule has 4 rings (SSSR count). The second kappa shape index (κ2) is 11.7. The predicted molar refractivity (Wildman–Crippen MR) is 119 cm³/mol. The number of benzene rings is 1. The Morgan fingerprint density at radius 1 is 1.03 bits per heavy atom. The first kappa shape index (κ1) is 23.9. The monoisotopic (exact) mass is 443 g/mol. The van der Waals surface area contributed by atoms with Gasteiger partial charge in [-0.1, -0.05) is 30.3 Å². The number of halogens is 2. The van der Waals surface area contributed by atoms with E-state index in [1.165, 1.54) is 0 Å². The van der Waals surface area contributed by atoms with E-state index >= 15 is 0 Å². The Morgan fingerprint density at radius 2 is 1.72 bits per heavy atom. The lowest BCUT2D eigenvalue weighted by Gasteiger charge is -2.26. The molecule has 0 bridgehead atoms. The quantitative estimate of drug-likeness (QED) is 0.736. The molecule has 1 N–H and O–H groups in total. The average molecular weight is 444 g/mol. The van der Waals surface area contributed by atoms with Gasteiger partial charge in [0.25, 0.3) is 0 Å². The number of hydrogen-bond donors (Lipinski definition) is 1. The van der Waals surface area contributed by atoms with Crippen molar-refractivity contribution in [1.29, 1.82) is 0 Å². The summed E-state index contributed by atoms with van der Waals surface area (Å²) in [5.74, 6) is 1.31. The van der Waals surface area contributed by atoms with Crippen LogP contribution >= 0.6 is 24.8 Å². The molecule has 3 heterocycles. The van der Waals surface area contributed by atoms with E-state index in [4.69, 9.17) is 9.84 Å². The first-order valence-electron chi connectivity index (χ1n) is 10.0. The number of ether oxygens (including phenoxy) is 1. The van der Waals surface area contributed by atoms with Crippen LogP contribution in [0.1, 0.15) is 30.1 Å². The van der Waals surface area contributed by atoms with Crippen molar-refractivity contribution in [3.8, 4) is 0 Å². The third-order valence-electron chi connectivity index (χ3n) is 5.57. The lowest BCUT2D eigenvalue weighted by Crippen LogP contribution is -2.39. The smallest absolute Gasteiger partial charge is 0.346 e. The maximum absolute atomic E-state index is 13.1. The Balaban J connectivity index is 0.00000150. The Hall–Kier alpha value is -1.38. The predicted octanol–water partition coefficient (Wildman–Crippen LogP) is 1.74. The van der Waals surface area contributed by atoms with Crippen molar-refractivity contribution in [2.45, 2.75) is 31.8 Å². The van der Waals surface area contributed by atoms with Gasteiger partial charge < -0.3 is 10.1 Å². The van der Waals surface area contributed by atoms with E-state index in [2.05, 4.69) is 22.3 Å². The van der Waals surface area contributed by atoms with Crippen LogP contribution in [0.5, 0.6) is 0 Å². The van der Waals surface area contributed by atoms with Gasteiger partial charge in [-0.3, -0.25) is 9.47 Å². The molecule has 1 aromatic carbocycles. The molecule has 7 nitrogen and oxygen atoms in total. The zero-order valence-corrected chi connectivity index (χ0v) is 18.3. The zero-order valence-electron chi connectivity index (χ0n) is 16.7. The maximum atomic E-state index is 13.1. The van der Waals surface area contributed by atoms with Gasteiger partial charge >= 0.3 is 5.69 Å².